The van der Waals surface area contributed by atoms with E-state index in [0.717, 1.165) is 13.0 Å². The number of aromatic amines is 1. The van der Waals surface area contributed by atoms with Gasteiger partial charge in [-0.25, -0.2) is 5.43 Å². The highest BCUT2D eigenvalue weighted by atomic mass is 15.4. The van der Waals surface area contributed by atoms with Crippen LogP contribution in [0.1, 0.15) is 50.3 Å². The SMILES string of the molecule is C1=CC2CNNC2=C1.C=C/C=C(\C=C/CCC)c1ccccc1.CC1(C)c2ccccc2-c2c1ccc1[nH]c3ccccc3c21. The molecule has 3 heteroatoms. The summed E-state index contributed by atoms with van der Waals surface area (Å²) in [5, 5.41) is 2.69. The quantitative estimate of drug-likeness (QED) is 0.179. The molecule has 3 aliphatic rings. The van der Waals surface area contributed by atoms with Crippen LogP contribution in [0.25, 0.3) is 38.5 Å². The van der Waals surface area contributed by atoms with Gasteiger partial charge in [0.25, 0.3) is 0 Å². The highest BCUT2D eigenvalue weighted by Crippen LogP contribution is 2.52. The molecule has 8 rings (SSSR count). The molecular formula is C42H43N3. The maximum Gasteiger partial charge on any atom is 0.0471 e. The summed E-state index contributed by atoms with van der Waals surface area (Å²) in [6.45, 7) is 11.6. The van der Waals surface area contributed by atoms with Crippen LogP contribution in [-0.2, 0) is 5.41 Å². The molecule has 3 nitrogen and oxygen atoms in total. The third kappa shape index (κ3) is 6.09. The number of hydrogen-bond acceptors (Lipinski definition) is 2. The fourth-order valence-corrected chi connectivity index (χ4v) is 6.61. The summed E-state index contributed by atoms with van der Waals surface area (Å²) in [5.74, 6) is 0.634. The lowest BCUT2D eigenvalue weighted by Gasteiger charge is -2.21. The summed E-state index contributed by atoms with van der Waals surface area (Å²) >= 11 is 0. The first-order valence-electron chi connectivity index (χ1n) is 16.1. The summed E-state index contributed by atoms with van der Waals surface area (Å²) in [6, 6.07) is 32.4. The molecule has 0 radical (unpaired) electrons. The minimum absolute atomic E-state index is 0.0679. The van der Waals surface area contributed by atoms with E-state index >= 15 is 0 Å². The Morgan fingerprint density at radius 1 is 0.889 bits per heavy atom. The van der Waals surface area contributed by atoms with Gasteiger partial charge in [0.05, 0.1) is 0 Å². The Balaban J connectivity index is 0.000000134. The van der Waals surface area contributed by atoms with Gasteiger partial charge in [0.1, 0.15) is 0 Å². The Morgan fingerprint density at radius 2 is 1.67 bits per heavy atom. The first-order chi connectivity index (χ1) is 22.0. The molecule has 45 heavy (non-hydrogen) atoms. The Bertz CT molecular complexity index is 1930. The zero-order valence-corrected chi connectivity index (χ0v) is 26.6. The van der Waals surface area contributed by atoms with Gasteiger partial charge in [-0.05, 0) is 58.0 Å². The number of unbranched alkanes of at least 4 members (excludes halogenated alkanes) is 1. The zero-order chi connectivity index (χ0) is 31.2. The van der Waals surface area contributed by atoms with E-state index < -0.39 is 0 Å². The van der Waals surface area contributed by atoms with Crippen molar-refractivity contribution in [3.05, 3.63) is 162 Å². The number of hydrogen-bond donors (Lipinski definition) is 3. The number of allylic oxidation sites excluding steroid dienone is 7. The summed E-state index contributed by atoms with van der Waals surface area (Å²) in [4.78, 5) is 3.57. The number of hydrazine groups is 1. The predicted molar refractivity (Wildman–Crippen MR) is 194 cm³/mol. The van der Waals surface area contributed by atoms with E-state index in [-0.39, 0.29) is 5.41 Å². The van der Waals surface area contributed by atoms with Gasteiger partial charge in [0.2, 0.25) is 0 Å². The lowest BCUT2D eigenvalue weighted by Crippen LogP contribution is -2.20. The average Bonchev–Trinajstić information content (AvgIpc) is 3.84. The lowest BCUT2D eigenvalue weighted by atomic mass is 9.82. The first kappa shape index (κ1) is 30.2. The van der Waals surface area contributed by atoms with Gasteiger partial charge >= 0.3 is 0 Å². The second kappa shape index (κ2) is 13.4. The molecule has 0 amide bonds. The lowest BCUT2D eigenvalue weighted by molar-refractivity contribution is 0.661. The van der Waals surface area contributed by atoms with Crippen LogP contribution in [0.2, 0.25) is 0 Å². The van der Waals surface area contributed by atoms with E-state index in [1.165, 1.54) is 67.3 Å². The van der Waals surface area contributed by atoms with Crippen LogP contribution in [0.3, 0.4) is 0 Å². The summed E-state index contributed by atoms with van der Waals surface area (Å²) in [6.07, 6.45) is 17.0. The van der Waals surface area contributed by atoms with Gasteiger partial charge in [-0.15, -0.1) is 0 Å². The zero-order valence-electron chi connectivity index (χ0n) is 26.6. The molecule has 1 saturated heterocycles. The van der Waals surface area contributed by atoms with E-state index in [1.807, 2.05) is 18.2 Å². The van der Waals surface area contributed by atoms with Gasteiger partial charge in [0.15, 0.2) is 0 Å². The predicted octanol–water partition coefficient (Wildman–Crippen LogP) is 10.4. The third-order valence-corrected chi connectivity index (χ3v) is 8.94. The van der Waals surface area contributed by atoms with E-state index in [2.05, 4.69) is 158 Å². The van der Waals surface area contributed by atoms with Crippen LogP contribution in [-0.4, -0.2) is 11.5 Å². The number of benzene rings is 4. The van der Waals surface area contributed by atoms with Crippen molar-refractivity contribution in [1.82, 2.24) is 15.8 Å². The van der Waals surface area contributed by atoms with Crippen LogP contribution in [0.5, 0.6) is 0 Å². The molecule has 1 fully saturated rings. The topological polar surface area (TPSA) is 39.8 Å². The summed E-state index contributed by atoms with van der Waals surface area (Å²) < 4.78 is 0. The Labute approximate surface area is 267 Å². The molecule has 3 N–H and O–H groups in total. The Morgan fingerprint density at radius 3 is 2.47 bits per heavy atom. The molecule has 1 aliphatic heterocycles. The van der Waals surface area contributed by atoms with Crippen LogP contribution in [0.4, 0.5) is 0 Å². The van der Waals surface area contributed by atoms with Crippen molar-refractivity contribution in [2.75, 3.05) is 6.54 Å². The normalized spacial score (nSPS) is 17.1. The number of aromatic nitrogens is 1. The highest BCUT2D eigenvalue weighted by molar-refractivity contribution is 6.16. The van der Waals surface area contributed by atoms with Crippen molar-refractivity contribution in [3.8, 4) is 11.1 Å². The Hall–Kier alpha value is -4.86. The van der Waals surface area contributed by atoms with Gasteiger partial charge in [-0.2, -0.15) is 0 Å². The number of fused-ring (bicyclic) bond motifs is 8. The van der Waals surface area contributed by atoms with Gasteiger partial charge < -0.3 is 10.4 Å². The second-order valence-corrected chi connectivity index (χ2v) is 12.3. The molecule has 2 aliphatic carbocycles. The molecule has 0 bridgehead atoms. The van der Waals surface area contributed by atoms with Crippen molar-refractivity contribution < 1.29 is 0 Å². The largest absolute Gasteiger partial charge is 0.354 e. The van der Waals surface area contributed by atoms with Crippen LogP contribution in [0, 0.1) is 5.92 Å². The molecule has 226 valence electrons. The fraction of sp³-hybridized carbons (Fsp3) is 0.190. The molecule has 0 spiro atoms. The number of H-pyrrole nitrogens is 1. The molecule has 1 atom stereocenters. The van der Waals surface area contributed by atoms with Crippen LogP contribution in [0.15, 0.2) is 146 Å². The average molecular weight is 590 g/mol. The number of nitrogens with one attached hydrogen (secondary N) is 3. The second-order valence-electron chi connectivity index (χ2n) is 12.3. The van der Waals surface area contributed by atoms with Gasteiger partial charge in [-0.1, -0.05) is 149 Å². The van der Waals surface area contributed by atoms with Gasteiger partial charge in [0, 0.05) is 45.4 Å². The third-order valence-electron chi connectivity index (χ3n) is 8.94. The molecule has 4 aromatic carbocycles. The van der Waals surface area contributed by atoms with Crippen molar-refractivity contribution in [2.45, 2.75) is 39.0 Å². The highest BCUT2D eigenvalue weighted by Gasteiger charge is 2.36. The van der Waals surface area contributed by atoms with Gasteiger partial charge in [-0.3, -0.25) is 0 Å². The molecule has 5 aromatic rings. The number of para-hydroxylation sites is 1. The molecule has 1 unspecified atom stereocenters. The van der Waals surface area contributed by atoms with Crippen molar-refractivity contribution in [3.63, 3.8) is 0 Å². The monoisotopic (exact) mass is 589 g/mol. The van der Waals surface area contributed by atoms with E-state index in [0.29, 0.717) is 5.92 Å². The van der Waals surface area contributed by atoms with E-state index in [4.69, 9.17) is 0 Å². The molecule has 2 heterocycles. The fourth-order valence-electron chi connectivity index (χ4n) is 6.61. The van der Waals surface area contributed by atoms with Crippen molar-refractivity contribution in [2.24, 2.45) is 5.92 Å². The maximum atomic E-state index is 3.74. The number of rotatable bonds is 5. The molecular weight excluding hydrogens is 546 g/mol. The Kier molecular flexibility index (Phi) is 9.00. The minimum atomic E-state index is 0.0679. The van der Waals surface area contributed by atoms with Crippen LogP contribution >= 0.6 is 0 Å². The molecule has 0 saturated carbocycles. The summed E-state index contributed by atoms with van der Waals surface area (Å²) in [7, 11) is 0. The van der Waals surface area contributed by atoms with Crippen molar-refractivity contribution >= 4 is 27.4 Å². The first-order valence-corrected chi connectivity index (χ1v) is 16.1. The smallest absolute Gasteiger partial charge is 0.0471 e. The van der Waals surface area contributed by atoms with E-state index in [9.17, 15) is 0 Å². The summed E-state index contributed by atoms with van der Waals surface area (Å²) in [5.41, 5.74) is 18.1. The molecule has 1 aromatic heterocycles. The maximum absolute atomic E-state index is 3.74. The minimum Gasteiger partial charge on any atom is -0.354 e. The van der Waals surface area contributed by atoms with Crippen LogP contribution < -0.4 is 10.9 Å². The van der Waals surface area contributed by atoms with Crippen molar-refractivity contribution in [1.29, 1.82) is 0 Å². The van der Waals surface area contributed by atoms with E-state index in [1.54, 1.807) is 0 Å². The standard InChI is InChI=1S/C21H17N.C15H18.C6H8N2/c1-21(2)15-9-5-3-7-13(15)19-16(21)11-12-18-20(19)14-8-4-6-10-17(14)22-18;1-3-5-7-11-14(10-4-2)15-12-8-6-9-13-15;1-2-5-4-7-8-6(5)3-1/h3-12,22H,1-2H3;4,6-13H,2-3,5H2,1H3;1-3,5,7-8H,4H2/b;11-7-,14-10+;.